The molecule has 3 saturated carbocycles. The summed E-state index contributed by atoms with van der Waals surface area (Å²) in [5.74, 6) is -2.60. The summed E-state index contributed by atoms with van der Waals surface area (Å²) in [7, 11) is -3.91. The van der Waals surface area contributed by atoms with E-state index in [0.717, 1.165) is 25.7 Å². The van der Waals surface area contributed by atoms with Crippen LogP contribution in [0.15, 0.2) is 40.9 Å². The number of aryl methyl sites for hydroxylation is 1. The fourth-order valence-corrected chi connectivity index (χ4v) is 8.77. The Balaban J connectivity index is 1.09. The minimum atomic E-state index is -3.91. The quantitative estimate of drug-likeness (QED) is 0.285. The van der Waals surface area contributed by atoms with E-state index in [1.54, 1.807) is 13.0 Å². The van der Waals surface area contributed by atoms with Gasteiger partial charge in [0.05, 0.1) is 22.8 Å². The van der Waals surface area contributed by atoms with Crippen molar-refractivity contribution in [2.45, 2.75) is 112 Å². The lowest BCUT2D eigenvalue weighted by atomic mass is 10.0. The number of carbonyl (C=O) groups excluding carboxylic acids is 4. The summed E-state index contributed by atoms with van der Waals surface area (Å²) in [5, 5.41) is 8.96. The third-order valence-corrected chi connectivity index (χ3v) is 12.7. The van der Waals surface area contributed by atoms with Crippen molar-refractivity contribution in [1.82, 2.24) is 35.4 Å². The number of sulfonamides is 1. The molecule has 0 bridgehead atoms. The molecule has 3 aromatic rings. The first-order chi connectivity index (χ1) is 25.9. The van der Waals surface area contributed by atoms with Crippen LogP contribution in [0.25, 0.3) is 11.0 Å². The summed E-state index contributed by atoms with van der Waals surface area (Å²) in [4.78, 5) is 66.3. The molecule has 0 unspecified atom stereocenters. The molecule has 54 heavy (non-hydrogen) atoms. The number of carbonyl (C=O) groups is 4. The Kier molecular flexibility index (Phi) is 9.38. The number of hydrogen-bond acceptors (Lipinski definition) is 11. The molecule has 0 radical (unpaired) electrons. The summed E-state index contributed by atoms with van der Waals surface area (Å²) < 4.78 is 53.5. The van der Waals surface area contributed by atoms with Crippen LogP contribution in [0.4, 0.5) is 4.39 Å². The van der Waals surface area contributed by atoms with E-state index in [4.69, 9.17) is 9.26 Å². The Labute approximate surface area is 310 Å². The first kappa shape index (κ1) is 36.1. The molecule has 2 aliphatic heterocycles. The number of nitrogens with one attached hydrogen (secondary N) is 3. The van der Waals surface area contributed by atoms with E-state index < -0.39 is 74.4 Å². The maximum atomic E-state index is 14.5. The van der Waals surface area contributed by atoms with Crippen LogP contribution in [0.5, 0.6) is 5.88 Å². The Hall–Kier alpha value is -4.93. The van der Waals surface area contributed by atoms with Crippen LogP contribution in [-0.2, 0) is 24.4 Å². The Morgan fingerprint density at radius 3 is 2.65 bits per heavy atom. The highest BCUT2D eigenvalue weighted by atomic mass is 32.2. The molecule has 4 heterocycles. The zero-order valence-corrected chi connectivity index (χ0v) is 30.6. The Bertz CT molecular complexity index is 2150. The smallest absolute Gasteiger partial charge is 0.274 e. The van der Waals surface area contributed by atoms with Crippen LogP contribution in [0, 0.1) is 18.7 Å². The predicted octanol–water partition coefficient (Wildman–Crippen LogP) is 3.09. The zero-order chi connectivity index (χ0) is 37.8. The number of benzene rings is 1. The number of nitrogens with zero attached hydrogens (tertiary/aromatic N) is 4. The molecule has 4 amide bonds. The van der Waals surface area contributed by atoms with Gasteiger partial charge in [-0.25, -0.2) is 22.8 Å². The summed E-state index contributed by atoms with van der Waals surface area (Å²) in [6.45, 7) is 1.60. The van der Waals surface area contributed by atoms with E-state index in [-0.39, 0.29) is 48.8 Å². The largest absolute Gasteiger partial charge is 0.471 e. The number of rotatable bonds is 8. The van der Waals surface area contributed by atoms with Crippen molar-refractivity contribution in [2.24, 2.45) is 5.92 Å². The molecular formula is C37H42FN7O8S. The van der Waals surface area contributed by atoms with Crippen molar-refractivity contribution < 1.29 is 41.2 Å². The molecule has 1 saturated heterocycles. The molecule has 5 atom stereocenters. The van der Waals surface area contributed by atoms with Gasteiger partial charge in [0.25, 0.3) is 11.8 Å². The highest BCUT2D eigenvalue weighted by Crippen LogP contribution is 2.46. The maximum absolute atomic E-state index is 14.5. The second kappa shape index (κ2) is 14.0. The van der Waals surface area contributed by atoms with Crippen LogP contribution >= 0.6 is 0 Å². The number of fused-ring (bicyclic) bond motifs is 3. The average molecular weight is 764 g/mol. The third kappa shape index (κ3) is 7.42. The van der Waals surface area contributed by atoms with Gasteiger partial charge >= 0.3 is 0 Å². The minimum Gasteiger partial charge on any atom is -0.471 e. The molecule has 5 aliphatic rings. The van der Waals surface area contributed by atoms with Crippen molar-refractivity contribution >= 4 is 44.7 Å². The molecule has 286 valence electrons. The Morgan fingerprint density at radius 2 is 1.87 bits per heavy atom. The van der Waals surface area contributed by atoms with Gasteiger partial charge in [-0.2, -0.15) is 0 Å². The minimum absolute atomic E-state index is 0.0207. The summed E-state index contributed by atoms with van der Waals surface area (Å²) in [6, 6.07) is 3.41. The van der Waals surface area contributed by atoms with Crippen molar-refractivity contribution in [3.05, 3.63) is 59.4 Å². The molecule has 15 nitrogen and oxygen atoms in total. The van der Waals surface area contributed by atoms with E-state index in [2.05, 4.69) is 30.5 Å². The number of aromatic nitrogens is 3. The van der Waals surface area contributed by atoms with Crippen molar-refractivity contribution in [1.29, 1.82) is 0 Å². The lowest BCUT2D eigenvalue weighted by Crippen LogP contribution is -2.58. The standard InChI is InChI=1S/C37H42FN7O8S/c1-20-34(41-28-15-23(38)11-14-26(28)39-20)52-24-16-30-33(47)42-37(36(49)44-54(50,51)25-12-13-25)18-22(37)7-5-3-2-4-6-8-27(35(48)45(30)19-24)40-32(46)29-17-31(53-43-29)21-9-10-21/h5,7,11,14-15,17,21-22,24-25,27,30H,2-4,6,8-10,12-13,16,18-19H2,1H3,(H,40,46)(H,42,47)(H,44,49)/t22-,24-,27+,30+,37-/m1/s1. The van der Waals surface area contributed by atoms with Gasteiger partial charge in [0.1, 0.15) is 41.0 Å². The Morgan fingerprint density at radius 1 is 1.06 bits per heavy atom. The normalized spacial score (nSPS) is 27.6. The number of amides is 4. The van der Waals surface area contributed by atoms with Gasteiger partial charge in [-0.05, 0) is 70.4 Å². The predicted molar refractivity (Wildman–Crippen MR) is 190 cm³/mol. The van der Waals surface area contributed by atoms with Gasteiger partial charge in [0.15, 0.2) is 5.69 Å². The molecular weight excluding hydrogens is 722 g/mol. The molecule has 0 spiro atoms. The molecule has 2 aromatic heterocycles. The SMILES string of the molecule is Cc1nc2ccc(F)cc2nc1O[C@@H]1C[C@H]2C(=O)N[C@]3(C(=O)NS(=O)(=O)C4CC4)C[C@H]3C=CCCCCC[C@H](NC(=O)c3cc(C4CC4)on3)C(=O)N2C1. The number of ether oxygens (including phenoxy) is 1. The van der Waals surface area contributed by atoms with E-state index in [9.17, 15) is 32.0 Å². The summed E-state index contributed by atoms with van der Waals surface area (Å²) >= 11 is 0. The van der Waals surface area contributed by atoms with Crippen LogP contribution in [0.3, 0.4) is 0 Å². The fraction of sp³-hybridized carbons (Fsp3) is 0.541. The topological polar surface area (TPSA) is 203 Å². The lowest BCUT2D eigenvalue weighted by molar-refractivity contribution is -0.141. The second-order valence-corrected chi connectivity index (χ2v) is 17.1. The molecule has 3 N–H and O–H groups in total. The number of allylic oxidation sites excluding steroid dienone is 1. The molecule has 3 aliphatic carbocycles. The molecule has 1 aromatic carbocycles. The van der Waals surface area contributed by atoms with Gasteiger partial charge in [-0.1, -0.05) is 30.2 Å². The van der Waals surface area contributed by atoms with E-state index in [1.807, 2.05) is 12.2 Å². The molecule has 17 heteroatoms. The fourth-order valence-electron chi connectivity index (χ4n) is 7.41. The van der Waals surface area contributed by atoms with Gasteiger partial charge in [0, 0.05) is 30.4 Å². The highest BCUT2D eigenvalue weighted by Gasteiger charge is 2.62. The van der Waals surface area contributed by atoms with Gasteiger partial charge in [-0.3, -0.25) is 23.9 Å². The third-order valence-electron chi connectivity index (χ3n) is 10.9. The molecule has 8 rings (SSSR count). The van der Waals surface area contributed by atoms with Crippen molar-refractivity contribution in [2.75, 3.05) is 6.54 Å². The number of hydrogen-bond donors (Lipinski definition) is 3. The van der Waals surface area contributed by atoms with Crippen LogP contribution in [0.1, 0.15) is 98.5 Å². The zero-order valence-electron chi connectivity index (χ0n) is 29.8. The second-order valence-electron chi connectivity index (χ2n) is 15.2. The monoisotopic (exact) mass is 763 g/mol. The van der Waals surface area contributed by atoms with Gasteiger partial charge in [-0.15, -0.1) is 0 Å². The molecule has 4 fully saturated rings. The van der Waals surface area contributed by atoms with E-state index in [0.29, 0.717) is 42.7 Å². The highest BCUT2D eigenvalue weighted by molar-refractivity contribution is 7.91. The number of halogens is 1. The average Bonchev–Trinajstić information content (AvgIpc) is 4.08. The van der Waals surface area contributed by atoms with Crippen molar-refractivity contribution in [3.8, 4) is 5.88 Å². The van der Waals surface area contributed by atoms with Crippen LogP contribution < -0.4 is 20.1 Å². The first-order valence-electron chi connectivity index (χ1n) is 18.6. The first-order valence-corrected chi connectivity index (χ1v) is 20.2. The van der Waals surface area contributed by atoms with Crippen molar-refractivity contribution in [3.63, 3.8) is 0 Å². The summed E-state index contributed by atoms with van der Waals surface area (Å²) in [6.07, 6.45) is 9.03. The summed E-state index contributed by atoms with van der Waals surface area (Å²) in [5.41, 5.74) is -0.339. The lowest BCUT2D eigenvalue weighted by Gasteiger charge is -2.29. The van der Waals surface area contributed by atoms with E-state index in [1.165, 1.54) is 23.1 Å². The van der Waals surface area contributed by atoms with Crippen LogP contribution in [-0.4, -0.2) is 87.6 Å². The maximum Gasteiger partial charge on any atom is 0.274 e. The van der Waals surface area contributed by atoms with Gasteiger partial charge in [0.2, 0.25) is 27.7 Å². The van der Waals surface area contributed by atoms with E-state index >= 15 is 0 Å². The van der Waals surface area contributed by atoms with Crippen LogP contribution in [0.2, 0.25) is 0 Å². The van der Waals surface area contributed by atoms with Gasteiger partial charge < -0.3 is 24.8 Å².